The van der Waals surface area contributed by atoms with Crippen LogP contribution in [0, 0.1) is 11.8 Å². The van der Waals surface area contributed by atoms with Crippen molar-refractivity contribution >= 4 is 21.7 Å². The molecule has 0 unspecified atom stereocenters. The lowest BCUT2D eigenvalue weighted by molar-refractivity contribution is -0.137. The van der Waals surface area contributed by atoms with E-state index in [1.165, 1.54) is 6.07 Å². The maximum absolute atomic E-state index is 12.8. The molecule has 1 aliphatic carbocycles. The molecule has 0 aromatic heterocycles. The van der Waals surface area contributed by atoms with E-state index in [1.54, 1.807) is 0 Å². The Morgan fingerprint density at radius 2 is 1.86 bits per heavy atom. The van der Waals surface area contributed by atoms with Crippen molar-refractivity contribution in [2.75, 3.05) is 0 Å². The summed E-state index contributed by atoms with van der Waals surface area (Å²) in [6.07, 6.45) is 0.219. The lowest BCUT2D eigenvalue weighted by Crippen LogP contribution is -2.22. The van der Waals surface area contributed by atoms with Crippen molar-refractivity contribution in [1.82, 2.24) is 0 Å². The lowest BCUT2D eigenvalue weighted by Gasteiger charge is -2.27. The van der Waals surface area contributed by atoms with Crippen LogP contribution in [-0.4, -0.2) is 5.78 Å². The van der Waals surface area contributed by atoms with E-state index in [4.69, 9.17) is 0 Å². The Balaban J connectivity index is 2.19. The van der Waals surface area contributed by atoms with Gasteiger partial charge in [-0.15, -0.1) is 0 Å². The normalized spacial score (nSPS) is 23.1. The van der Waals surface area contributed by atoms with E-state index in [2.05, 4.69) is 22.9 Å². The largest absolute Gasteiger partial charge is 0.416 e. The van der Waals surface area contributed by atoms with Crippen LogP contribution in [0.2, 0.25) is 0 Å². The molecule has 21 heavy (non-hydrogen) atoms. The van der Waals surface area contributed by atoms with Gasteiger partial charge in [0.2, 0.25) is 0 Å². The monoisotopic (exact) mass is 362 g/mol. The van der Waals surface area contributed by atoms with Gasteiger partial charge >= 0.3 is 6.18 Å². The highest BCUT2D eigenvalue weighted by Crippen LogP contribution is 2.36. The van der Waals surface area contributed by atoms with Crippen LogP contribution < -0.4 is 0 Å². The van der Waals surface area contributed by atoms with E-state index in [9.17, 15) is 18.0 Å². The van der Waals surface area contributed by atoms with E-state index in [1.807, 2.05) is 0 Å². The first kappa shape index (κ1) is 16.5. The Hall–Kier alpha value is -0.840. The predicted octanol–water partition coefficient (Wildman–Crippen LogP) is 5.87. The van der Waals surface area contributed by atoms with Gasteiger partial charge in [-0.2, -0.15) is 13.2 Å². The summed E-state index contributed by atoms with van der Waals surface area (Å²) in [6, 6.07) is 3.28. The van der Waals surface area contributed by atoms with Crippen molar-refractivity contribution in [2.24, 2.45) is 11.8 Å². The molecule has 0 aliphatic heterocycles. The Labute approximate surface area is 131 Å². The standard InChI is InChI=1S/C16H18BrF3O/c1-2-10-3-5-11(6-4-10)15(21)13-9-12(16(18,19)20)7-8-14(13)17/h7-11H,2-6H2,1H3. The minimum atomic E-state index is -4.42. The number of ketones is 1. The summed E-state index contributed by atoms with van der Waals surface area (Å²) in [4.78, 5) is 12.5. The molecule has 0 amide bonds. The maximum atomic E-state index is 12.8. The molecule has 1 fully saturated rings. The van der Waals surface area contributed by atoms with E-state index >= 15 is 0 Å². The first-order valence-electron chi connectivity index (χ1n) is 7.24. The number of carbonyl (C=O) groups is 1. The number of halogens is 4. The second-order valence-electron chi connectivity index (χ2n) is 5.68. The molecule has 1 aliphatic rings. The van der Waals surface area contributed by atoms with Gasteiger partial charge < -0.3 is 0 Å². The van der Waals surface area contributed by atoms with Gasteiger partial charge in [0.15, 0.2) is 5.78 Å². The van der Waals surface area contributed by atoms with Crippen LogP contribution in [0.5, 0.6) is 0 Å². The maximum Gasteiger partial charge on any atom is 0.416 e. The molecule has 1 aromatic carbocycles. The number of benzene rings is 1. The minimum absolute atomic E-state index is 0.146. The predicted molar refractivity (Wildman–Crippen MR) is 79.2 cm³/mol. The van der Waals surface area contributed by atoms with Crippen molar-refractivity contribution in [3.05, 3.63) is 33.8 Å². The summed E-state index contributed by atoms with van der Waals surface area (Å²) < 4.78 is 38.8. The molecular weight excluding hydrogens is 345 g/mol. The summed E-state index contributed by atoms with van der Waals surface area (Å²) in [5, 5.41) is 0. The van der Waals surface area contributed by atoms with E-state index in [0.717, 1.165) is 44.2 Å². The third kappa shape index (κ3) is 3.87. The van der Waals surface area contributed by atoms with Crippen LogP contribution in [0.25, 0.3) is 0 Å². The summed E-state index contributed by atoms with van der Waals surface area (Å²) in [5.41, 5.74) is -0.610. The number of hydrogen-bond donors (Lipinski definition) is 0. The van der Waals surface area contributed by atoms with Crippen molar-refractivity contribution in [3.8, 4) is 0 Å². The first-order chi connectivity index (χ1) is 9.82. The molecule has 0 heterocycles. The summed E-state index contributed by atoms with van der Waals surface area (Å²) in [6.45, 7) is 2.14. The zero-order valence-corrected chi connectivity index (χ0v) is 13.4. The zero-order chi connectivity index (χ0) is 15.6. The summed E-state index contributed by atoms with van der Waals surface area (Å²) in [7, 11) is 0. The molecule has 1 aromatic rings. The highest BCUT2D eigenvalue weighted by Gasteiger charge is 2.33. The van der Waals surface area contributed by atoms with Gasteiger partial charge in [0.25, 0.3) is 0 Å². The molecular formula is C16H18BrF3O. The molecule has 1 saturated carbocycles. The van der Waals surface area contributed by atoms with E-state index in [-0.39, 0.29) is 17.3 Å². The molecule has 0 bridgehead atoms. The Bertz CT molecular complexity index is 517. The molecule has 0 N–H and O–H groups in total. The second kappa shape index (κ2) is 6.51. The Morgan fingerprint density at radius 3 is 2.38 bits per heavy atom. The topological polar surface area (TPSA) is 17.1 Å². The molecule has 0 spiro atoms. The van der Waals surface area contributed by atoms with E-state index in [0.29, 0.717) is 10.4 Å². The second-order valence-corrected chi connectivity index (χ2v) is 6.54. The molecule has 0 saturated heterocycles. The van der Waals surface area contributed by atoms with Crippen LogP contribution in [0.4, 0.5) is 13.2 Å². The number of carbonyl (C=O) groups excluding carboxylic acids is 1. The third-order valence-corrected chi connectivity index (χ3v) is 5.05. The number of alkyl halides is 3. The molecule has 0 radical (unpaired) electrons. The lowest BCUT2D eigenvalue weighted by atomic mass is 9.77. The van der Waals surface area contributed by atoms with Crippen molar-refractivity contribution in [1.29, 1.82) is 0 Å². The van der Waals surface area contributed by atoms with Gasteiger partial charge in [-0.1, -0.05) is 29.3 Å². The van der Waals surface area contributed by atoms with E-state index < -0.39 is 11.7 Å². The molecule has 116 valence electrons. The van der Waals surface area contributed by atoms with Crippen molar-refractivity contribution in [3.63, 3.8) is 0 Å². The molecule has 1 nitrogen and oxygen atoms in total. The van der Waals surface area contributed by atoms with Gasteiger partial charge in [0, 0.05) is 16.0 Å². The van der Waals surface area contributed by atoms with Crippen LogP contribution in [-0.2, 0) is 6.18 Å². The smallest absolute Gasteiger partial charge is 0.294 e. The zero-order valence-electron chi connectivity index (χ0n) is 11.8. The first-order valence-corrected chi connectivity index (χ1v) is 8.03. The summed E-state index contributed by atoms with van der Waals surface area (Å²) >= 11 is 3.20. The van der Waals surface area contributed by atoms with Gasteiger partial charge in [0.1, 0.15) is 0 Å². The fourth-order valence-corrected chi connectivity index (χ4v) is 3.39. The van der Waals surface area contributed by atoms with Gasteiger partial charge in [0.05, 0.1) is 5.56 Å². The van der Waals surface area contributed by atoms with Gasteiger partial charge in [-0.3, -0.25) is 4.79 Å². The molecule has 5 heteroatoms. The highest BCUT2D eigenvalue weighted by atomic mass is 79.9. The van der Waals surface area contributed by atoms with Crippen LogP contribution in [0.15, 0.2) is 22.7 Å². The average Bonchev–Trinajstić information content (AvgIpc) is 2.46. The quantitative estimate of drug-likeness (QED) is 0.614. The third-order valence-electron chi connectivity index (χ3n) is 4.35. The fraction of sp³-hybridized carbons (Fsp3) is 0.562. The average molecular weight is 363 g/mol. The number of hydrogen-bond acceptors (Lipinski definition) is 1. The van der Waals surface area contributed by atoms with Crippen molar-refractivity contribution in [2.45, 2.75) is 45.2 Å². The van der Waals surface area contributed by atoms with Crippen molar-refractivity contribution < 1.29 is 18.0 Å². The number of Topliss-reactive ketones (excluding diaryl/α,β-unsaturated/α-hetero) is 1. The van der Waals surface area contributed by atoms with Crippen LogP contribution in [0.1, 0.15) is 54.9 Å². The SMILES string of the molecule is CCC1CCC(C(=O)c2cc(C(F)(F)F)ccc2Br)CC1. The fourth-order valence-electron chi connectivity index (χ4n) is 2.94. The van der Waals surface area contributed by atoms with Gasteiger partial charge in [-0.25, -0.2) is 0 Å². The molecule has 0 atom stereocenters. The summed E-state index contributed by atoms with van der Waals surface area (Å²) in [5.74, 6) is 0.342. The highest BCUT2D eigenvalue weighted by molar-refractivity contribution is 9.10. The Morgan fingerprint density at radius 1 is 1.24 bits per heavy atom. The Kier molecular flexibility index (Phi) is 5.12. The molecule has 2 rings (SSSR count). The minimum Gasteiger partial charge on any atom is -0.294 e. The van der Waals surface area contributed by atoms with Crippen LogP contribution in [0.3, 0.4) is 0 Å². The number of rotatable bonds is 3. The van der Waals surface area contributed by atoms with Gasteiger partial charge in [-0.05, 0) is 49.8 Å². The van der Waals surface area contributed by atoms with Crippen LogP contribution >= 0.6 is 15.9 Å².